The largest absolute Gasteiger partial charge is 0.481 e. The molecule has 166 valence electrons. The van der Waals surface area contributed by atoms with Gasteiger partial charge in [0.25, 0.3) is 5.56 Å². The van der Waals surface area contributed by atoms with Crippen molar-refractivity contribution in [3.05, 3.63) is 45.8 Å². The van der Waals surface area contributed by atoms with Gasteiger partial charge >= 0.3 is 11.9 Å². The predicted molar refractivity (Wildman–Crippen MR) is 112 cm³/mol. The zero-order chi connectivity index (χ0) is 23.3. The monoisotopic (exact) mass is 440 g/mol. The molecule has 1 atom stereocenters. The molecule has 0 spiro atoms. The normalized spacial score (nSPS) is 11.6. The van der Waals surface area contributed by atoms with Crippen LogP contribution in [0.1, 0.15) is 47.7 Å². The zero-order valence-electron chi connectivity index (χ0n) is 16.8. The van der Waals surface area contributed by atoms with Gasteiger partial charge in [-0.3, -0.25) is 24.2 Å². The summed E-state index contributed by atoms with van der Waals surface area (Å²) in [4.78, 5) is 55.4. The maximum absolute atomic E-state index is 12.3. The number of aromatic amines is 2. The summed E-state index contributed by atoms with van der Waals surface area (Å²) in [6.45, 7) is 0. The number of nitrogens with two attached hydrogens (primary N) is 1. The van der Waals surface area contributed by atoms with Gasteiger partial charge in [-0.2, -0.15) is 4.98 Å². The van der Waals surface area contributed by atoms with Gasteiger partial charge in [-0.25, -0.2) is 0 Å². The van der Waals surface area contributed by atoms with E-state index in [1.165, 1.54) is 12.1 Å². The van der Waals surface area contributed by atoms with Crippen molar-refractivity contribution in [1.29, 1.82) is 0 Å². The molecule has 0 saturated carbocycles. The number of aliphatic carboxylic acids is 2. The minimum absolute atomic E-state index is 0.0235. The second-order valence-corrected chi connectivity index (χ2v) is 7.07. The van der Waals surface area contributed by atoms with E-state index >= 15 is 0 Å². The highest BCUT2D eigenvalue weighted by atomic mass is 16.4. The van der Waals surface area contributed by atoms with E-state index in [1.807, 2.05) is 0 Å². The Morgan fingerprint density at radius 1 is 1.22 bits per heavy atom. The van der Waals surface area contributed by atoms with Gasteiger partial charge in [0.2, 0.25) is 5.95 Å². The minimum atomic E-state index is -1.23. The molecule has 3 aromatic heterocycles. The number of H-pyrrole nitrogens is 2. The quantitative estimate of drug-likeness (QED) is 0.242. The van der Waals surface area contributed by atoms with Gasteiger partial charge in [0.05, 0.1) is 11.3 Å². The van der Waals surface area contributed by atoms with Crippen LogP contribution < -0.4 is 11.3 Å². The molecule has 3 rings (SSSR count). The van der Waals surface area contributed by atoms with E-state index in [0.717, 1.165) is 5.69 Å². The lowest BCUT2D eigenvalue weighted by molar-refractivity contribution is -0.142. The summed E-state index contributed by atoms with van der Waals surface area (Å²) in [7, 11) is 0. The van der Waals surface area contributed by atoms with Gasteiger partial charge in [0, 0.05) is 25.0 Å². The number of nitrogen functional groups attached to an aromatic ring is 1. The number of anilines is 1. The highest BCUT2D eigenvalue weighted by Gasteiger charge is 2.24. The Bertz CT molecular complexity index is 1290. The maximum atomic E-state index is 12.3. The second-order valence-electron chi connectivity index (χ2n) is 7.07. The van der Waals surface area contributed by atoms with Crippen molar-refractivity contribution in [1.82, 2.24) is 15.0 Å². The highest BCUT2D eigenvalue weighted by molar-refractivity contribution is 5.95. The molecule has 0 fully saturated rings. The zero-order valence-corrected chi connectivity index (χ0v) is 16.8. The molecule has 0 saturated heterocycles. The van der Waals surface area contributed by atoms with Crippen LogP contribution in [0, 0.1) is 17.8 Å². The van der Waals surface area contributed by atoms with Gasteiger partial charge in [0.1, 0.15) is 5.65 Å². The molecular weight excluding hydrogens is 420 g/mol. The van der Waals surface area contributed by atoms with Gasteiger partial charge in [-0.15, -0.1) is 0 Å². The molecule has 0 aliphatic heterocycles. The van der Waals surface area contributed by atoms with Crippen LogP contribution in [0.15, 0.2) is 27.4 Å². The van der Waals surface area contributed by atoms with Crippen LogP contribution in [0.4, 0.5) is 5.95 Å². The fourth-order valence-electron chi connectivity index (χ4n) is 3.06. The summed E-state index contributed by atoms with van der Waals surface area (Å²) in [6.07, 6.45) is 0.0967. The number of aryl methyl sites for hydroxylation is 1. The molecule has 3 heterocycles. The molecule has 0 radical (unpaired) electrons. The molecule has 0 unspecified atom stereocenters. The smallest absolute Gasteiger partial charge is 0.306 e. The van der Waals surface area contributed by atoms with Crippen LogP contribution in [-0.2, 0) is 16.0 Å². The fraction of sp³-hybridized carbons (Fsp3) is 0.286. The number of fused-ring (bicyclic) bond motifs is 1. The van der Waals surface area contributed by atoms with Crippen molar-refractivity contribution in [3.8, 4) is 11.8 Å². The first-order chi connectivity index (χ1) is 15.2. The predicted octanol–water partition coefficient (Wildman–Crippen LogP) is 1.55. The van der Waals surface area contributed by atoms with Crippen LogP contribution >= 0.6 is 0 Å². The molecule has 3 aromatic rings. The number of hydrogen-bond donors (Lipinski definition) is 5. The molecular formula is C21H20N4O7. The van der Waals surface area contributed by atoms with Crippen LogP contribution in [0.3, 0.4) is 0 Å². The minimum Gasteiger partial charge on any atom is -0.481 e. The SMILES string of the molecule is Nc1nc2[nH]c(CCC#Cc3ccc(C(=O)C[C@@H](CCC(=O)O)C(=O)O)o3)cc2c(=O)[nH]1. The molecule has 0 bridgehead atoms. The lowest BCUT2D eigenvalue weighted by atomic mass is 9.96. The van der Waals surface area contributed by atoms with E-state index in [-0.39, 0.29) is 42.3 Å². The number of hydrogen-bond acceptors (Lipinski definition) is 7. The molecule has 32 heavy (non-hydrogen) atoms. The number of rotatable bonds is 9. The number of carboxylic acids is 2. The molecule has 11 heteroatoms. The van der Waals surface area contributed by atoms with Gasteiger partial charge in [-0.1, -0.05) is 5.92 Å². The average molecular weight is 440 g/mol. The Kier molecular flexibility index (Phi) is 6.74. The summed E-state index contributed by atoms with van der Waals surface area (Å²) in [5.74, 6) is 1.91. The number of aromatic nitrogens is 3. The van der Waals surface area contributed by atoms with E-state index in [9.17, 15) is 19.2 Å². The lowest BCUT2D eigenvalue weighted by Gasteiger charge is -2.08. The number of Topliss-reactive ketones (excluding diaryl/α,β-unsaturated/α-hetero) is 1. The topological polar surface area (TPSA) is 192 Å². The third kappa shape index (κ3) is 5.63. The van der Waals surface area contributed by atoms with E-state index in [2.05, 4.69) is 26.8 Å². The highest BCUT2D eigenvalue weighted by Crippen LogP contribution is 2.18. The Morgan fingerprint density at radius 3 is 2.72 bits per heavy atom. The van der Waals surface area contributed by atoms with Crippen LogP contribution in [0.5, 0.6) is 0 Å². The first-order valence-electron chi connectivity index (χ1n) is 9.67. The van der Waals surface area contributed by atoms with Gasteiger partial charge in [-0.05, 0) is 37.0 Å². The van der Waals surface area contributed by atoms with E-state index in [1.54, 1.807) is 6.07 Å². The molecule has 0 aliphatic rings. The molecule has 6 N–H and O–H groups in total. The molecule has 0 aliphatic carbocycles. The Balaban J connectivity index is 1.58. The summed E-state index contributed by atoms with van der Waals surface area (Å²) >= 11 is 0. The van der Waals surface area contributed by atoms with Crippen molar-refractivity contribution in [2.24, 2.45) is 5.92 Å². The molecule has 0 amide bonds. The number of nitrogens with one attached hydrogen (secondary N) is 2. The van der Waals surface area contributed by atoms with E-state index < -0.39 is 23.6 Å². The van der Waals surface area contributed by atoms with Crippen molar-refractivity contribution in [2.75, 3.05) is 5.73 Å². The Labute approximate surface area is 180 Å². The fourth-order valence-corrected chi connectivity index (χ4v) is 3.06. The van der Waals surface area contributed by atoms with E-state index in [4.69, 9.17) is 20.4 Å². The number of carboxylic acid groups (broad SMARTS) is 2. The number of carbonyl (C=O) groups excluding carboxylic acids is 1. The summed E-state index contributed by atoms with van der Waals surface area (Å²) in [5, 5.41) is 18.3. The number of nitrogens with zero attached hydrogens (tertiary/aromatic N) is 1. The number of carbonyl (C=O) groups is 3. The summed E-state index contributed by atoms with van der Waals surface area (Å²) in [5.41, 5.74) is 6.34. The van der Waals surface area contributed by atoms with E-state index in [0.29, 0.717) is 23.9 Å². The Hall–Kier alpha value is -4.33. The van der Waals surface area contributed by atoms with Crippen LogP contribution in [-0.4, -0.2) is 42.9 Å². The van der Waals surface area contributed by atoms with Crippen molar-refractivity contribution in [2.45, 2.75) is 32.1 Å². The lowest BCUT2D eigenvalue weighted by Crippen LogP contribution is -2.19. The third-order valence-corrected chi connectivity index (χ3v) is 4.67. The van der Waals surface area contributed by atoms with Crippen molar-refractivity contribution < 1.29 is 29.0 Å². The Morgan fingerprint density at radius 2 is 2.00 bits per heavy atom. The first-order valence-corrected chi connectivity index (χ1v) is 9.67. The molecule has 0 aromatic carbocycles. The third-order valence-electron chi connectivity index (χ3n) is 4.67. The van der Waals surface area contributed by atoms with Crippen molar-refractivity contribution in [3.63, 3.8) is 0 Å². The summed E-state index contributed by atoms with van der Waals surface area (Å²) < 4.78 is 5.37. The van der Waals surface area contributed by atoms with Gasteiger partial charge in [0.15, 0.2) is 17.3 Å². The average Bonchev–Trinajstić information content (AvgIpc) is 3.35. The first kappa shape index (κ1) is 22.4. The van der Waals surface area contributed by atoms with Crippen LogP contribution in [0.25, 0.3) is 11.0 Å². The van der Waals surface area contributed by atoms with Crippen LogP contribution in [0.2, 0.25) is 0 Å². The van der Waals surface area contributed by atoms with Crippen molar-refractivity contribution >= 4 is 34.7 Å². The summed E-state index contributed by atoms with van der Waals surface area (Å²) in [6, 6.07) is 4.58. The molecule has 11 nitrogen and oxygen atoms in total. The number of furan rings is 1. The number of ketones is 1. The maximum Gasteiger partial charge on any atom is 0.306 e. The standard InChI is InChI=1S/C21H20N4O7/c22-21-24-18-14(19(29)25-21)10-12(23-18)3-1-2-4-13-6-7-16(32-13)15(26)9-11(20(30)31)5-8-17(27)28/h6-7,10-11H,1,3,5,8-9H2,(H,27,28)(H,30,31)(H4,22,23,24,25,29)/t11-/m1/s1. The van der Waals surface area contributed by atoms with Gasteiger partial charge < -0.3 is 25.3 Å². The second kappa shape index (κ2) is 9.65.